The highest BCUT2D eigenvalue weighted by Crippen LogP contribution is 2.27. The molecule has 1 heterocycles. The molecule has 96 valence electrons. The van der Waals surface area contributed by atoms with Crippen LogP contribution >= 0.6 is 0 Å². The predicted octanol–water partition coefficient (Wildman–Crippen LogP) is 1.54. The molecule has 1 aromatic rings. The van der Waals surface area contributed by atoms with E-state index in [-0.39, 0.29) is 23.7 Å². The maximum absolute atomic E-state index is 11.6. The third-order valence-electron chi connectivity index (χ3n) is 3.43. The summed E-state index contributed by atoms with van der Waals surface area (Å²) in [4.78, 5) is 22.8. The topological polar surface area (TPSA) is 55.4 Å². The van der Waals surface area contributed by atoms with Gasteiger partial charge in [0, 0.05) is 12.3 Å². The van der Waals surface area contributed by atoms with Crippen LogP contribution in [0.4, 0.5) is 0 Å². The van der Waals surface area contributed by atoms with Crippen molar-refractivity contribution in [3.8, 4) is 5.75 Å². The maximum Gasteiger partial charge on any atom is 0.230 e. The lowest BCUT2D eigenvalue weighted by atomic mass is 9.87. The van der Waals surface area contributed by atoms with Crippen LogP contribution in [-0.4, -0.2) is 18.9 Å². The number of carbonyl (C=O) groups excluding carboxylic acids is 2. The zero-order valence-corrected chi connectivity index (χ0v) is 10.6. The second-order valence-corrected chi connectivity index (χ2v) is 4.72. The molecule has 0 aliphatic carbocycles. The van der Waals surface area contributed by atoms with Crippen LogP contribution in [0.1, 0.15) is 18.9 Å². The molecule has 2 unspecified atom stereocenters. The van der Waals surface area contributed by atoms with Crippen LogP contribution in [0.15, 0.2) is 24.3 Å². The van der Waals surface area contributed by atoms with Crippen LogP contribution in [-0.2, 0) is 16.0 Å². The van der Waals surface area contributed by atoms with Crippen molar-refractivity contribution in [3.05, 3.63) is 29.8 Å². The smallest absolute Gasteiger partial charge is 0.230 e. The highest BCUT2D eigenvalue weighted by atomic mass is 16.5. The highest BCUT2D eigenvalue weighted by molar-refractivity contribution is 6.03. The Balaban J connectivity index is 2.09. The van der Waals surface area contributed by atoms with Crippen molar-refractivity contribution in [2.75, 3.05) is 7.11 Å². The molecule has 0 bridgehead atoms. The lowest BCUT2D eigenvalue weighted by Crippen LogP contribution is -2.25. The molecule has 1 aliphatic rings. The molecule has 0 spiro atoms. The van der Waals surface area contributed by atoms with E-state index in [0.29, 0.717) is 6.42 Å². The molecule has 1 aliphatic heterocycles. The zero-order chi connectivity index (χ0) is 13.1. The average Bonchev–Trinajstić information content (AvgIpc) is 2.69. The third-order valence-corrected chi connectivity index (χ3v) is 3.43. The number of carbonyl (C=O) groups is 2. The Labute approximate surface area is 106 Å². The SMILES string of the molecule is COc1ccccc1CC(C)C1CC(=O)NC1=O. The van der Waals surface area contributed by atoms with Crippen LogP contribution in [0.25, 0.3) is 0 Å². The maximum atomic E-state index is 11.6. The van der Waals surface area contributed by atoms with E-state index < -0.39 is 0 Å². The molecule has 0 aromatic heterocycles. The predicted molar refractivity (Wildman–Crippen MR) is 67.1 cm³/mol. The molecule has 4 nitrogen and oxygen atoms in total. The number of imide groups is 1. The number of methoxy groups -OCH3 is 1. The Morgan fingerprint density at radius 3 is 2.72 bits per heavy atom. The first-order valence-corrected chi connectivity index (χ1v) is 6.07. The van der Waals surface area contributed by atoms with Crippen LogP contribution in [0.2, 0.25) is 0 Å². The van der Waals surface area contributed by atoms with Crippen LogP contribution < -0.4 is 10.1 Å². The standard InChI is InChI=1S/C14H17NO3/c1-9(11-8-13(16)15-14(11)17)7-10-5-3-4-6-12(10)18-2/h3-6,9,11H,7-8H2,1-2H3,(H,15,16,17). The number of hydrogen-bond acceptors (Lipinski definition) is 3. The van der Waals surface area contributed by atoms with Crippen molar-refractivity contribution in [2.45, 2.75) is 19.8 Å². The van der Waals surface area contributed by atoms with E-state index in [9.17, 15) is 9.59 Å². The van der Waals surface area contributed by atoms with Gasteiger partial charge in [-0.15, -0.1) is 0 Å². The van der Waals surface area contributed by atoms with Crippen molar-refractivity contribution < 1.29 is 14.3 Å². The van der Waals surface area contributed by atoms with Gasteiger partial charge in [0.05, 0.1) is 7.11 Å². The molecule has 2 atom stereocenters. The molecule has 1 fully saturated rings. The summed E-state index contributed by atoms with van der Waals surface area (Å²) in [5.74, 6) is 0.406. The van der Waals surface area contributed by atoms with Gasteiger partial charge in [0.2, 0.25) is 11.8 Å². The molecule has 0 radical (unpaired) electrons. The molecule has 4 heteroatoms. The van der Waals surface area contributed by atoms with Crippen LogP contribution in [0, 0.1) is 11.8 Å². The van der Waals surface area contributed by atoms with E-state index in [0.717, 1.165) is 17.7 Å². The minimum absolute atomic E-state index is 0.118. The summed E-state index contributed by atoms with van der Waals surface area (Å²) >= 11 is 0. The minimum atomic E-state index is -0.220. The fourth-order valence-corrected chi connectivity index (χ4v) is 2.39. The molecular weight excluding hydrogens is 230 g/mol. The number of para-hydroxylation sites is 1. The van der Waals surface area contributed by atoms with Gasteiger partial charge >= 0.3 is 0 Å². The first-order valence-electron chi connectivity index (χ1n) is 6.07. The number of rotatable bonds is 4. The van der Waals surface area contributed by atoms with Gasteiger partial charge in [0.1, 0.15) is 5.75 Å². The number of amides is 2. The van der Waals surface area contributed by atoms with E-state index in [1.165, 1.54) is 0 Å². The summed E-state index contributed by atoms with van der Waals surface area (Å²) in [6.07, 6.45) is 1.03. The lowest BCUT2D eigenvalue weighted by Gasteiger charge is -2.17. The van der Waals surface area contributed by atoms with E-state index in [4.69, 9.17) is 4.74 Å². The quantitative estimate of drug-likeness (QED) is 0.821. The van der Waals surface area contributed by atoms with E-state index in [2.05, 4.69) is 5.32 Å². The van der Waals surface area contributed by atoms with Gasteiger partial charge in [-0.25, -0.2) is 0 Å². The first kappa shape index (κ1) is 12.6. The van der Waals surface area contributed by atoms with Crippen molar-refractivity contribution >= 4 is 11.8 Å². The summed E-state index contributed by atoms with van der Waals surface area (Å²) in [6, 6.07) is 7.76. The van der Waals surface area contributed by atoms with Crippen molar-refractivity contribution in [1.82, 2.24) is 5.32 Å². The molecule has 2 amide bonds. The van der Waals surface area contributed by atoms with Crippen molar-refractivity contribution in [1.29, 1.82) is 0 Å². The summed E-state index contributed by atoms with van der Waals surface area (Å²) in [6.45, 7) is 2.00. The molecular formula is C14H17NO3. The van der Waals surface area contributed by atoms with Gasteiger partial charge in [-0.3, -0.25) is 14.9 Å². The van der Waals surface area contributed by atoms with Gasteiger partial charge in [0.15, 0.2) is 0 Å². The van der Waals surface area contributed by atoms with E-state index >= 15 is 0 Å². The fraction of sp³-hybridized carbons (Fsp3) is 0.429. The Kier molecular flexibility index (Phi) is 3.65. The Morgan fingerprint density at radius 2 is 2.11 bits per heavy atom. The van der Waals surface area contributed by atoms with Crippen molar-refractivity contribution in [3.63, 3.8) is 0 Å². The second-order valence-electron chi connectivity index (χ2n) is 4.72. The average molecular weight is 247 g/mol. The largest absolute Gasteiger partial charge is 0.496 e. The molecule has 1 aromatic carbocycles. The summed E-state index contributed by atoms with van der Waals surface area (Å²) in [5, 5.41) is 2.35. The summed E-state index contributed by atoms with van der Waals surface area (Å²) < 4.78 is 5.29. The van der Waals surface area contributed by atoms with Crippen LogP contribution in [0.3, 0.4) is 0 Å². The van der Waals surface area contributed by atoms with E-state index in [1.54, 1.807) is 7.11 Å². The Bertz CT molecular complexity index is 470. The van der Waals surface area contributed by atoms with Gasteiger partial charge in [0.25, 0.3) is 0 Å². The second kappa shape index (κ2) is 5.21. The van der Waals surface area contributed by atoms with Gasteiger partial charge in [-0.1, -0.05) is 25.1 Å². The van der Waals surface area contributed by atoms with Crippen molar-refractivity contribution in [2.24, 2.45) is 11.8 Å². The number of ether oxygens (including phenoxy) is 1. The molecule has 18 heavy (non-hydrogen) atoms. The van der Waals surface area contributed by atoms with Gasteiger partial charge in [-0.2, -0.15) is 0 Å². The minimum Gasteiger partial charge on any atom is -0.496 e. The zero-order valence-electron chi connectivity index (χ0n) is 10.6. The number of nitrogens with one attached hydrogen (secondary N) is 1. The summed E-state index contributed by atoms with van der Waals surface area (Å²) in [5.41, 5.74) is 1.07. The van der Waals surface area contributed by atoms with Gasteiger partial charge in [-0.05, 0) is 24.0 Å². The number of hydrogen-bond donors (Lipinski definition) is 1. The monoisotopic (exact) mass is 247 g/mol. The molecule has 1 N–H and O–H groups in total. The van der Waals surface area contributed by atoms with Crippen LogP contribution in [0.5, 0.6) is 5.75 Å². The Hall–Kier alpha value is -1.84. The summed E-state index contributed by atoms with van der Waals surface area (Å²) in [7, 11) is 1.63. The normalized spacial score (nSPS) is 20.7. The third kappa shape index (κ3) is 2.53. The lowest BCUT2D eigenvalue weighted by molar-refractivity contribution is -0.126. The molecule has 0 saturated carbocycles. The Morgan fingerprint density at radius 1 is 1.39 bits per heavy atom. The highest BCUT2D eigenvalue weighted by Gasteiger charge is 2.34. The van der Waals surface area contributed by atoms with E-state index in [1.807, 2.05) is 31.2 Å². The molecule has 2 rings (SSSR count). The fourth-order valence-electron chi connectivity index (χ4n) is 2.39. The molecule has 1 saturated heterocycles. The first-order chi connectivity index (χ1) is 8.61. The van der Waals surface area contributed by atoms with Gasteiger partial charge < -0.3 is 4.74 Å². The number of benzene rings is 1.